The number of carbonyl (C=O) groups excluding carboxylic acids is 1. The van der Waals surface area contributed by atoms with Gasteiger partial charge in [0, 0.05) is 16.5 Å². The largest absolute Gasteiger partial charge is 0.348 e. The molecule has 0 aliphatic rings. The minimum atomic E-state index is -0.183. The minimum Gasteiger partial charge on any atom is -0.348 e. The van der Waals surface area contributed by atoms with E-state index in [1.165, 1.54) is 0 Å². The Balaban J connectivity index is 2.55. The van der Waals surface area contributed by atoms with Crippen LogP contribution in [0.2, 0.25) is 0 Å². The molecule has 15 heavy (non-hydrogen) atoms. The predicted octanol–water partition coefficient (Wildman–Crippen LogP) is 3.44. The average Bonchev–Trinajstić information content (AvgIpc) is 2.45. The summed E-state index contributed by atoms with van der Waals surface area (Å²) in [6, 6.07) is 3.93. The lowest BCUT2D eigenvalue weighted by Crippen LogP contribution is -2.39. The summed E-state index contributed by atoms with van der Waals surface area (Å²) in [6.07, 6.45) is 3.38. The average molecular weight is 288 g/mol. The Kier molecular flexibility index (Phi) is 4.11. The molecule has 0 radical (unpaired) electrons. The molecule has 0 atom stereocenters. The third-order valence-corrected chi connectivity index (χ3v) is 3.08. The molecule has 1 N–H and O–H groups in total. The van der Waals surface area contributed by atoms with Crippen LogP contribution in [0.5, 0.6) is 0 Å². The molecule has 0 bridgehead atoms. The van der Waals surface area contributed by atoms with Crippen molar-refractivity contribution in [3.8, 4) is 0 Å². The molecule has 0 spiro atoms. The first-order valence-corrected chi connectivity index (χ1v) is 6.23. The molecule has 1 heterocycles. The summed E-state index contributed by atoms with van der Waals surface area (Å²) in [5.74, 6) is -0.0629. The lowest BCUT2D eigenvalue weighted by atomic mass is 10.1. The summed E-state index contributed by atoms with van der Waals surface area (Å²) in [4.78, 5) is 12.5. The van der Waals surface area contributed by atoms with Crippen molar-refractivity contribution in [2.45, 2.75) is 26.3 Å². The second kappa shape index (κ2) is 4.94. The zero-order chi connectivity index (χ0) is 11.5. The lowest BCUT2D eigenvalue weighted by Gasteiger charge is -2.18. The Bertz CT molecular complexity index is 376. The van der Waals surface area contributed by atoms with Crippen molar-refractivity contribution in [3.05, 3.63) is 26.9 Å². The summed E-state index contributed by atoms with van der Waals surface area (Å²) in [5.41, 5.74) is -0.183. The third-order valence-electron chi connectivity index (χ3n) is 1.49. The van der Waals surface area contributed by atoms with Crippen LogP contribution in [0.3, 0.4) is 0 Å². The van der Waals surface area contributed by atoms with E-state index >= 15 is 0 Å². The molecule has 4 heteroatoms. The first-order chi connectivity index (χ1) is 6.87. The fourth-order valence-corrected chi connectivity index (χ4v) is 2.31. The van der Waals surface area contributed by atoms with Gasteiger partial charge in [-0.15, -0.1) is 11.3 Å². The minimum absolute atomic E-state index is 0.0629. The number of hydrogen-bond acceptors (Lipinski definition) is 2. The zero-order valence-corrected chi connectivity index (χ0v) is 11.4. The van der Waals surface area contributed by atoms with Gasteiger partial charge in [-0.25, -0.2) is 0 Å². The quantitative estimate of drug-likeness (QED) is 0.830. The predicted molar refractivity (Wildman–Crippen MR) is 68.9 cm³/mol. The zero-order valence-electron chi connectivity index (χ0n) is 9.00. The van der Waals surface area contributed by atoms with Gasteiger partial charge < -0.3 is 5.32 Å². The van der Waals surface area contributed by atoms with E-state index in [1.807, 2.05) is 39.0 Å². The van der Waals surface area contributed by atoms with Crippen molar-refractivity contribution in [2.24, 2.45) is 0 Å². The Morgan fingerprint density at radius 2 is 2.13 bits per heavy atom. The normalized spacial score (nSPS) is 12.0. The highest BCUT2D eigenvalue weighted by Crippen LogP contribution is 2.22. The molecule has 0 aromatic carbocycles. The first-order valence-electron chi connectivity index (χ1n) is 4.62. The number of amides is 1. The van der Waals surface area contributed by atoms with Crippen LogP contribution in [0, 0.1) is 0 Å². The smallest absolute Gasteiger partial charge is 0.244 e. The molecule has 1 aromatic rings. The summed E-state index contributed by atoms with van der Waals surface area (Å²) >= 11 is 4.97. The molecule has 0 aliphatic carbocycles. The number of thiophene rings is 1. The molecular weight excluding hydrogens is 274 g/mol. The standard InChI is InChI=1S/C11H14BrNOS/c1-11(2,3)13-10(14)7-5-8-4-6-9(12)15-8/h4-7H,1-3H3,(H,13,14). The van der Waals surface area contributed by atoms with Crippen LogP contribution in [0.1, 0.15) is 25.6 Å². The summed E-state index contributed by atoms with van der Waals surface area (Å²) in [7, 11) is 0. The summed E-state index contributed by atoms with van der Waals surface area (Å²) in [6.45, 7) is 5.88. The van der Waals surface area contributed by atoms with E-state index in [0.29, 0.717) is 0 Å². The second-order valence-corrected chi connectivity index (χ2v) is 6.71. The molecular formula is C11H14BrNOS. The van der Waals surface area contributed by atoms with E-state index in [0.717, 1.165) is 8.66 Å². The topological polar surface area (TPSA) is 29.1 Å². The van der Waals surface area contributed by atoms with E-state index in [4.69, 9.17) is 0 Å². The second-order valence-electron chi connectivity index (χ2n) is 4.21. The molecule has 1 rings (SSSR count). The molecule has 0 aliphatic heterocycles. The van der Waals surface area contributed by atoms with E-state index in [9.17, 15) is 4.79 Å². The Hall–Kier alpha value is -0.610. The van der Waals surface area contributed by atoms with Crippen molar-refractivity contribution in [3.63, 3.8) is 0 Å². The molecule has 1 aromatic heterocycles. The molecule has 0 saturated heterocycles. The van der Waals surface area contributed by atoms with Crippen molar-refractivity contribution < 1.29 is 4.79 Å². The van der Waals surface area contributed by atoms with E-state index in [-0.39, 0.29) is 11.4 Å². The Morgan fingerprint density at radius 3 is 2.60 bits per heavy atom. The molecule has 0 fully saturated rings. The van der Waals surface area contributed by atoms with Gasteiger partial charge in [-0.1, -0.05) is 0 Å². The monoisotopic (exact) mass is 287 g/mol. The maximum atomic E-state index is 11.4. The highest BCUT2D eigenvalue weighted by molar-refractivity contribution is 9.11. The Morgan fingerprint density at radius 1 is 1.47 bits per heavy atom. The van der Waals surface area contributed by atoms with Crippen LogP contribution in [-0.2, 0) is 4.79 Å². The molecule has 0 unspecified atom stereocenters. The van der Waals surface area contributed by atoms with Gasteiger partial charge in [0.25, 0.3) is 0 Å². The van der Waals surface area contributed by atoms with Crippen LogP contribution in [0.4, 0.5) is 0 Å². The molecule has 0 saturated carbocycles. The van der Waals surface area contributed by atoms with Crippen LogP contribution < -0.4 is 5.32 Å². The molecule has 2 nitrogen and oxygen atoms in total. The summed E-state index contributed by atoms with van der Waals surface area (Å²) < 4.78 is 1.07. The van der Waals surface area contributed by atoms with E-state index in [2.05, 4.69) is 21.2 Å². The van der Waals surface area contributed by atoms with Gasteiger partial charge >= 0.3 is 0 Å². The summed E-state index contributed by atoms with van der Waals surface area (Å²) in [5, 5.41) is 2.86. The number of nitrogens with one attached hydrogen (secondary N) is 1. The van der Waals surface area contributed by atoms with Gasteiger partial charge in [0.15, 0.2) is 0 Å². The van der Waals surface area contributed by atoms with Gasteiger partial charge in [-0.3, -0.25) is 4.79 Å². The van der Waals surface area contributed by atoms with Crippen molar-refractivity contribution in [2.75, 3.05) is 0 Å². The van der Waals surface area contributed by atoms with Crippen molar-refractivity contribution in [1.29, 1.82) is 0 Å². The van der Waals surface area contributed by atoms with Crippen molar-refractivity contribution >= 4 is 39.2 Å². The van der Waals surface area contributed by atoms with Gasteiger partial charge in [0.1, 0.15) is 0 Å². The fourth-order valence-electron chi connectivity index (χ4n) is 0.987. The number of rotatable bonds is 2. The molecule has 1 amide bonds. The highest BCUT2D eigenvalue weighted by atomic mass is 79.9. The SMILES string of the molecule is CC(C)(C)NC(=O)C=Cc1ccc(Br)s1. The maximum absolute atomic E-state index is 11.4. The number of hydrogen-bond donors (Lipinski definition) is 1. The Labute approximate surface area is 103 Å². The van der Waals surface area contributed by atoms with Crippen LogP contribution in [-0.4, -0.2) is 11.4 Å². The van der Waals surface area contributed by atoms with Gasteiger partial charge in [0.05, 0.1) is 3.79 Å². The van der Waals surface area contributed by atoms with E-state index in [1.54, 1.807) is 17.4 Å². The fraction of sp³-hybridized carbons (Fsp3) is 0.364. The lowest BCUT2D eigenvalue weighted by molar-refractivity contribution is -0.117. The van der Waals surface area contributed by atoms with Gasteiger partial charge in [0.2, 0.25) is 5.91 Å². The van der Waals surface area contributed by atoms with Gasteiger partial charge in [-0.05, 0) is 54.9 Å². The highest BCUT2D eigenvalue weighted by Gasteiger charge is 2.10. The molecule has 82 valence electrons. The maximum Gasteiger partial charge on any atom is 0.244 e. The number of halogens is 1. The number of carbonyl (C=O) groups is 1. The van der Waals surface area contributed by atoms with E-state index < -0.39 is 0 Å². The first kappa shape index (κ1) is 12.5. The van der Waals surface area contributed by atoms with Crippen LogP contribution in [0.25, 0.3) is 6.08 Å². The van der Waals surface area contributed by atoms with Crippen LogP contribution in [0.15, 0.2) is 22.0 Å². The van der Waals surface area contributed by atoms with Gasteiger partial charge in [-0.2, -0.15) is 0 Å². The third kappa shape index (κ3) is 5.14. The van der Waals surface area contributed by atoms with Crippen molar-refractivity contribution in [1.82, 2.24) is 5.32 Å². The van der Waals surface area contributed by atoms with Crippen LogP contribution >= 0.6 is 27.3 Å².